The van der Waals surface area contributed by atoms with Gasteiger partial charge in [-0.05, 0) is 41.2 Å². The second kappa shape index (κ2) is 9.16. The lowest BCUT2D eigenvalue weighted by Gasteiger charge is -2.33. The molecular formula is C23H25F6NO3S. The molecule has 0 atom stereocenters. The van der Waals surface area contributed by atoms with Crippen molar-refractivity contribution in [1.82, 2.24) is 4.90 Å². The van der Waals surface area contributed by atoms with E-state index in [4.69, 9.17) is 0 Å². The summed E-state index contributed by atoms with van der Waals surface area (Å²) in [7, 11) is -3.00. The van der Waals surface area contributed by atoms with Crippen molar-refractivity contribution in [2.45, 2.75) is 44.8 Å². The van der Waals surface area contributed by atoms with Gasteiger partial charge >= 0.3 is 12.4 Å². The molecule has 0 aliphatic carbocycles. The molecule has 0 saturated carbocycles. The number of alkyl halides is 6. The number of hydrogen-bond donors (Lipinski definition) is 1. The highest BCUT2D eigenvalue weighted by molar-refractivity contribution is 7.91. The quantitative estimate of drug-likeness (QED) is 0.591. The Balaban J connectivity index is 1.93. The normalized spacial score (nSPS) is 17.7. The smallest absolute Gasteiger partial charge is 0.369 e. The van der Waals surface area contributed by atoms with Crippen LogP contribution >= 0.6 is 0 Å². The van der Waals surface area contributed by atoms with E-state index in [2.05, 4.69) is 0 Å². The lowest BCUT2D eigenvalue weighted by Crippen LogP contribution is -2.53. The molecule has 1 saturated heterocycles. The molecule has 2 aromatic carbocycles. The van der Waals surface area contributed by atoms with Crippen molar-refractivity contribution in [3.63, 3.8) is 0 Å². The van der Waals surface area contributed by atoms with Crippen molar-refractivity contribution >= 4 is 9.84 Å². The van der Waals surface area contributed by atoms with E-state index in [1.54, 1.807) is 6.07 Å². The number of aliphatic hydroxyl groups is 1. The maximum atomic E-state index is 13.2. The Labute approximate surface area is 194 Å². The van der Waals surface area contributed by atoms with Crippen molar-refractivity contribution in [3.8, 4) is 11.1 Å². The van der Waals surface area contributed by atoms with Crippen LogP contribution in [-0.4, -0.2) is 55.4 Å². The van der Waals surface area contributed by atoms with E-state index in [1.165, 1.54) is 6.92 Å². The molecular weight excluding hydrogens is 484 g/mol. The van der Waals surface area contributed by atoms with Gasteiger partial charge in [0.05, 0.1) is 11.5 Å². The Morgan fingerprint density at radius 1 is 0.912 bits per heavy atom. The van der Waals surface area contributed by atoms with Gasteiger partial charge in [-0.1, -0.05) is 43.3 Å². The average molecular weight is 510 g/mol. The van der Waals surface area contributed by atoms with E-state index in [9.17, 15) is 39.9 Å². The summed E-state index contributed by atoms with van der Waals surface area (Å²) in [6.07, 6.45) is -11.3. The van der Waals surface area contributed by atoms with Gasteiger partial charge in [0, 0.05) is 25.2 Å². The Hall–Kier alpha value is -2.11. The van der Waals surface area contributed by atoms with Crippen LogP contribution in [0, 0.1) is 6.92 Å². The number of hydrogen-bond acceptors (Lipinski definition) is 4. The van der Waals surface area contributed by atoms with Crippen LogP contribution in [0.4, 0.5) is 26.3 Å². The Morgan fingerprint density at radius 3 is 1.97 bits per heavy atom. The lowest BCUT2D eigenvalue weighted by molar-refractivity contribution is -0.376. The molecule has 188 valence electrons. The molecule has 0 amide bonds. The van der Waals surface area contributed by atoms with Gasteiger partial charge in [0.15, 0.2) is 9.84 Å². The second-order valence-electron chi connectivity index (χ2n) is 8.51. The van der Waals surface area contributed by atoms with Gasteiger partial charge in [-0.2, -0.15) is 26.3 Å². The first-order chi connectivity index (χ1) is 15.6. The molecule has 11 heteroatoms. The van der Waals surface area contributed by atoms with Crippen LogP contribution in [-0.2, 0) is 28.4 Å². The van der Waals surface area contributed by atoms with Crippen LogP contribution in [0.3, 0.4) is 0 Å². The van der Waals surface area contributed by atoms with Gasteiger partial charge in [-0.25, -0.2) is 8.42 Å². The van der Waals surface area contributed by atoms with E-state index in [-0.39, 0.29) is 17.1 Å². The highest BCUT2D eigenvalue weighted by Gasteiger charge is 2.71. The minimum absolute atomic E-state index is 0.0967. The first-order valence-electron chi connectivity index (χ1n) is 10.6. The minimum atomic E-state index is -5.94. The van der Waals surface area contributed by atoms with E-state index in [0.717, 1.165) is 23.3 Å². The first kappa shape index (κ1) is 26.5. The van der Waals surface area contributed by atoms with Crippen molar-refractivity contribution in [2.24, 2.45) is 0 Å². The fourth-order valence-corrected chi connectivity index (χ4v) is 5.42. The summed E-state index contributed by atoms with van der Waals surface area (Å²) in [5.74, 6) is 0.193. The van der Waals surface area contributed by atoms with E-state index in [0.29, 0.717) is 43.2 Å². The molecule has 0 spiro atoms. The van der Waals surface area contributed by atoms with Crippen LogP contribution in [0.25, 0.3) is 11.1 Å². The van der Waals surface area contributed by atoms with Crippen molar-refractivity contribution in [1.29, 1.82) is 0 Å². The van der Waals surface area contributed by atoms with Gasteiger partial charge in [-0.3, -0.25) is 4.90 Å². The maximum Gasteiger partial charge on any atom is 0.430 e. The molecule has 0 aromatic heterocycles. The lowest BCUT2D eigenvalue weighted by atomic mass is 9.87. The molecule has 1 heterocycles. The molecule has 1 fully saturated rings. The first-order valence-corrected chi connectivity index (χ1v) is 12.4. The van der Waals surface area contributed by atoms with Crippen molar-refractivity contribution in [3.05, 3.63) is 58.7 Å². The standard InChI is InChI=1S/C23H25F6NO3S/c1-3-17-13-16(14-30-8-10-34(32,33)11-9-30)4-6-20(17)19-7-5-18(12-15(19)2)21(31,22(24,25)26)23(27,28)29/h4-7,12-13,31H,3,8-11,14H2,1-2H3. The van der Waals surface area contributed by atoms with Crippen LogP contribution in [0.5, 0.6) is 0 Å². The monoisotopic (exact) mass is 509 g/mol. The molecule has 2 aromatic rings. The average Bonchev–Trinajstić information content (AvgIpc) is 2.73. The molecule has 0 bridgehead atoms. The maximum absolute atomic E-state index is 13.2. The Bertz CT molecular complexity index is 1130. The predicted octanol–water partition coefficient (Wildman–Crippen LogP) is 4.77. The van der Waals surface area contributed by atoms with Gasteiger partial charge in [0.1, 0.15) is 0 Å². The van der Waals surface area contributed by atoms with Crippen molar-refractivity contribution in [2.75, 3.05) is 24.6 Å². The zero-order valence-corrected chi connectivity index (χ0v) is 19.4. The summed E-state index contributed by atoms with van der Waals surface area (Å²) in [6.45, 7) is 4.66. The van der Waals surface area contributed by atoms with Crippen LogP contribution < -0.4 is 0 Å². The summed E-state index contributed by atoms with van der Waals surface area (Å²) in [5.41, 5.74) is -3.20. The van der Waals surface area contributed by atoms with E-state index in [1.807, 2.05) is 24.0 Å². The van der Waals surface area contributed by atoms with Gasteiger partial charge < -0.3 is 5.11 Å². The molecule has 1 aliphatic rings. The van der Waals surface area contributed by atoms with Crippen LogP contribution in [0.1, 0.15) is 29.2 Å². The number of benzene rings is 2. The highest BCUT2D eigenvalue weighted by Crippen LogP contribution is 2.50. The number of aryl methyl sites for hydroxylation is 2. The third-order valence-electron chi connectivity index (χ3n) is 6.15. The van der Waals surface area contributed by atoms with Gasteiger partial charge in [-0.15, -0.1) is 0 Å². The number of nitrogens with zero attached hydrogens (tertiary/aromatic N) is 1. The summed E-state index contributed by atoms with van der Waals surface area (Å²) in [4.78, 5) is 2.02. The minimum Gasteiger partial charge on any atom is -0.369 e. The van der Waals surface area contributed by atoms with Crippen molar-refractivity contribution < 1.29 is 39.9 Å². The van der Waals surface area contributed by atoms with Gasteiger partial charge in [0.25, 0.3) is 5.60 Å². The Kier molecular flexibility index (Phi) is 7.14. The SMILES string of the molecule is CCc1cc(CN2CCS(=O)(=O)CC2)ccc1-c1ccc(C(O)(C(F)(F)F)C(F)(F)F)cc1C. The molecule has 0 unspecified atom stereocenters. The molecule has 1 N–H and O–H groups in total. The number of sulfone groups is 1. The second-order valence-corrected chi connectivity index (χ2v) is 10.8. The zero-order valence-electron chi connectivity index (χ0n) is 18.6. The third-order valence-corrected chi connectivity index (χ3v) is 7.76. The highest BCUT2D eigenvalue weighted by atomic mass is 32.2. The van der Waals surface area contributed by atoms with Crippen LogP contribution in [0.15, 0.2) is 36.4 Å². The molecule has 4 nitrogen and oxygen atoms in total. The Morgan fingerprint density at radius 2 is 1.47 bits per heavy atom. The molecule has 3 rings (SSSR count). The van der Waals surface area contributed by atoms with E-state index >= 15 is 0 Å². The van der Waals surface area contributed by atoms with Gasteiger partial charge in [0.2, 0.25) is 0 Å². The fraction of sp³-hybridized carbons (Fsp3) is 0.478. The predicted molar refractivity (Wildman–Crippen MR) is 116 cm³/mol. The summed E-state index contributed by atoms with van der Waals surface area (Å²) in [5, 5.41) is 9.67. The fourth-order valence-electron chi connectivity index (χ4n) is 4.15. The molecule has 1 aliphatic heterocycles. The number of rotatable bonds is 5. The summed E-state index contributed by atoms with van der Waals surface area (Å²) in [6, 6.07) is 8.02. The largest absolute Gasteiger partial charge is 0.430 e. The van der Waals surface area contributed by atoms with E-state index < -0.39 is 33.4 Å². The summed E-state index contributed by atoms with van der Waals surface area (Å²) >= 11 is 0. The number of halogens is 6. The van der Waals surface area contributed by atoms with Crippen LogP contribution in [0.2, 0.25) is 0 Å². The third kappa shape index (κ3) is 5.11. The molecule has 0 radical (unpaired) electrons. The zero-order chi connectivity index (χ0) is 25.5. The summed E-state index contributed by atoms with van der Waals surface area (Å²) < 4.78 is 103. The molecule has 34 heavy (non-hydrogen) atoms. The topological polar surface area (TPSA) is 57.6 Å².